The highest BCUT2D eigenvalue weighted by molar-refractivity contribution is 7.90. The fourth-order valence-electron chi connectivity index (χ4n) is 6.24. The van der Waals surface area contributed by atoms with Crippen LogP contribution in [-0.2, 0) is 40.6 Å². The van der Waals surface area contributed by atoms with Crippen LogP contribution in [0.1, 0.15) is 40.3 Å². The summed E-state index contributed by atoms with van der Waals surface area (Å²) in [5, 5.41) is 11.8. The Bertz CT molecular complexity index is 1740. The molecule has 0 fully saturated rings. The number of aliphatic hydroxyl groups excluding tert-OH is 1. The van der Waals surface area contributed by atoms with Gasteiger partial charge in [-0.15, -0.1) is 0 Å². The van der Waals surface area contributed by atoms with Crippen LogP contribution >= 0.6 is 0 Å². The Morgan fingerprint density at radius 2 is 1.60 bits per heavy atom. The number of aliphatic hydroxyl groups is 1. The molecular weight excluding hydrogens is 602 g/mol. The third-order valence-electron chi connectivity index (χ3n) is 8.39. The van der Waals surface area contributed by atoms with E-state index in [4.69, 9.17) is 9.47 Å². The number of methoxy groups -OCH3 is 2. The topological polar surface area (TPSA) is 107 Å². The normalized spacial score (nSPS) is 14.5. The Labute approximate surface area is 261 Å². The Kier molecular flexibility index (Phi) is 9.59. The van der Waals surface area contributed by atoms with Crippen molar-refractivity contribution < 1.29 is 36.6 Å². The van der Waals surface area contributed by atoms with Gasteiger partial charge in [0.2, 0.25) is 5.91 Å². The maximum Gasteiger partial charge on any atom is 0.269 e. The van der Waals surface area contributed by atoms with E-state index in [1.807, 2.05) is 35.8 Å². The molecule has 0 bridgehead atoms. The molecule has 3 aromatic carbocycles. The molecule has 4 aromatic rings. The number of rotatable bonds is 12. The predicted molar refractivity (Wildman–Crippen MR) is 165 cm³/mol. The van der Waals surface area contributed by atoms with Gasteiger partial charge in [0, 0.05) is 30.4 Å². The van der Waals surface area contributed by atoms with Gasteiger partial charge in [-0.1, -0.05) is 30.3 Å². The number of carbonyl (C=O) groups excluding carboxylic acids is 1. The van der Waals surface area contributed by atoms with Crippen molar-refractivity contribution in [3.8, 4) is 11.5 Å². The average Bonchev–Trinajstić information content (AvgIpc) is 3.61. The third kappa shape index (κ3) is 7.20. The quantitative estimate of drug-likeness (QED) is 0.218. The minimum Gasteiger partial charge on any atom is -0.496 e. The Hall–Kier alpha value is -4.22. The minimum absolute atomic E-state index is 0.236. The molecule has 2 atom stereocenters. The van der Waals surface area contributed by atoms with Crippen molar-refractivity contribution in [3.63, 3.8) is 0 Å². The summed E-state index contributed by atoms with van der Waals surface area (Å²) in [4.78, 5) is 11.4. The van der Waals surface area contributed by atoms with Gasteiger partial charge in [-0.25, -0.2) is 21.9 Å². The molecule has 0 unspecified atom stereocenters. The molecule has 1 amide bonds. The summed E-state index contributed by atoms with van der Waals surface area (Å²) >= 11 is 0. The largest absolute Gasteiger partial charge is 0.496 e. The van der Waals surface area contributed by atoms with E-state index in [0.29, 0.717) is 35.1 Å². The van der Waals surface area contributed by atoms with E-state index >= 15 is 0 Å². The van der Waals surface area contributed by atoms with Crippen molar-refractivity contribution in [1.82, 2.24) is 9.29 Å². The summed E-state index contributed by atoms with van der Waals surface area (Å²) in [5.74, 6) is -2.22. The van der Waals surface area contributed by atoms with Crippen LogP contribution in [0.15, 0.2) is 78.0 Å². The summed E-state index contributed by atoms with van der Waals surface area (Å²) in [6.07, 6.45) is 4.80. The van der Waals surface area contributed by atoms with Crippen LogP contribution in [0.3, 0.4) is 0 Å². The van der Waals surface area contributed by atoms with E-state index in [0.717, 1.165) is 43.0 Å². The highest BCUT2D eigenvalue weighted by atomic mass is 32.2. The van der Waals surface area contributed by atoms with Crippen LogP contribution in [-0.4, -0.2) is 38.2 Å². The van der Waals surface area contributed by atoms with Gasteiger partial charge in [-0.05, 0) is 84.7 Å². The van der Waals surface area contributed by atoms with Gasteiger partial charge < -0.3 is 19.1 Å². The number of benzene rings is 3. The zero-order chi connectivity index (χ0) is 32.3. The molecule has 238 valence electrons. The summed E-state index contributed by atoms with van der Waals surface area (Å²) in [6, 6.07) is 16.3. The van der Waals surface area contributed by atoms with Crippen molar-refractivity contribution in [2.24, 2.45) is 11.8 Å². The van der Waals surface area contributed by atoms with E-state index < -0.39 is 38.6 Å². The first-order valence-electron chi connectivity index (χ1n) is 14.6. The summed E-state index contributed by atoms with van der Waals surface area (Å²) in [5.41, 5.74) is 4.61. The van der Waals surface area contributed by atoms with Gasteiger partial charge in [0.05, 0.1) is 26.7 Å². The Morgan fingerprint density at radius 3 is 2.18 bits per heavy atom. The van der Waals surface area contributed by atoms with Gasteiger partial charge in [0.25, 0.3) is 10.0 Å². The smallest absolute Gasteiger partial charge is 0.269 e. The van der Waals surface area contributed by atoms with Crippen LogP contribution in [0.5, 0.6) is 11.5 Å². The number of aromatic nitrogens is 1. The minimum atomic E-state index is -4.76. The van der Waals surface area contributed by atoms with E-state index in [1.165, 1.54) is 11.1 Å². The predicted octanol–water partition coefficient (Wildman–Crippen LogP) is 5.29. The molecular formula is C34H36F2N2O6S. The SMILES string of the molecule is COc1cc([C@@H](O)[C@@H](CC2Cc3ccccc3C2)Cn2ccc(CC(=O)NS(=O)(=O)c3c(F)cccc3F)c2)cc(OC)c1C. The lowest BCUT2D eigenvalue weighted by Crippen LogP contribution is -2.33. The molecule has 11 heteroatoms. The Morgan fingerprint density at radius 1 is 1.00 bits per heavy atom. The molecule has 0 spiro atoms. The fourth-order valence-corrected chi connectivity index (χ4v) is 7.36. The van der Waals surface area contributed by atoms with Crippen LogP contribution in [0, 0.1) is 30.4 Å². The second-order valence-corrected chi connectivity index (χ2v) is 13.1. The number of carbonyl (C=O) groups is 1. The van der Waals surface area contributed by atoms with Crippen LogP contribution < -0.4 is 14.2 Å². The molecule has 1 aliphatic carbocycles. The molecule has 0 saturated carbocycles. The number of sulfonamides is 1. The number of ether oxygens (including phenoxy) is 2. The highest BCUT2D eigenvalue weighted by Crippen LogP contribution is 2.39. The van der Waals surface area contributed by atoms with Crippen LogP contribution in [0.25, 0.3) is 0 Å². The van der Waals surface area contributed by atoms with Gasteiger partial charge >= 0.3 is 0 Å². The maximum absolute atomic E-state index is 14.1. The lowest BCUT2D eigenvalue weighted by Gasteiger charge is -2.27. The molecule has 0 radical (unpaired) electrons. The second kappa shape index (κ2) is 13.4. The van der Waals surface area contributed by atoms with E-state index in [-0.39, 0.29) is 12.3 Å². The third-order valence-corrected chi connectivity index (χ3v) is 9.82. The number of nitrogens with zero attached hydrogens (tertiary/aromatic N) is 1. The van der Waals surface area contributed by atoms with E-state index in [9.17, 15) is 27.1 Å². The van der Waals surface area contributed by atoms with Crippen molar-refractivity contribution in [3.05, 3.63) is 113 Å². The number of hydrogen-bond acceptors (Lipinski definition) is 6. The van der Waals surface area contributed by atoms with Gasteiger partial charge in [-0.3, -0.25) is 4.79 Å². The van der Waals surface area contributed by atoms with Crippen LogP contribution in [0.4, 0.5) is 8.78 Å². The number of halogens is 2. The lowest BCUT2D eigenvalue weighted by molar-refractivity contribution is -0.118. The number of nitrogens with one attached hydrogen (secondary N) is 1. The van der Waals surface area contributed by atoms with Gasteiger partial charge in [0.15, 0.2) is 4.90 Å². The molecule has 8 nitrogen and oxygen atoms in total. The van der Waals surface area contributed by atoms with Crippen molar-refractivity contribution in [2.45, 2.75) is 50.2 Å². The van der Waals surface area contributed by atoms with E-state index in [2.05, 4.69) is 12.1 Å². The first-order chi connectivity index (χ1) is 21.5. The first-order valence-corrected chi connectivity index (χ1v) is 16.1. The van der Waals surface area contributed by atoms with Gasteiger partial charge in [-0.2, -0.15) is 0 Å². The molecule has 2 N–H and O–H groups in total. The van der Waals surface area contributed by atoms with Crippen molar-refractivity contribution in [2.75, 3.05) is 14.2 Å². The van der Waals surface area contributed by atoms with Crippen molar-refractivity contribution >= 4 is 15.9 Å². The fraction of sp³-hybridized carbons (Fsp3) is 0.324. The molecule has 0 saturated heterocycles. The molecule has 0 aliphatic heterocycles. The lowest BCUT2D eigenvalue weighted by atomic mass is 9.85. The molecule has 5 rings (SSSR count). The molecule has 45 heavy (non-hydrogen) atoms. The highest BCUT2D eigenvalue weighted by Gasteiger charge is 2.30. The van der Waals surface area contributed by atoms with Crippen LogP contribution in [0.2, 0.25) is 0 Å². The standard InChI is InChI=1S/C34H36F2N2O6S/c1-21-30(43-2)17-26(18-31(21)44-3)33(40)27(15-23-13-24-7-4-5-8-25(24)14-23)20-38-12-11-22(19-38)16-32(39)37-45(41,42)34-28(35)9-6-10-29(34)36/h4-12,17-19,23,27,33,40H,13-16,20H2,1-3H3,(H,37,39)/t27-,33+/m0/s1. The monoisotopic (exact) mass is 638 g/mol. The summed E-state index contributed by atoms with van der Waals surface area (Å²) < 4.78 is 67.9. The number of hydrogen-bond donors (Lipinski definition) is 2. The van der Waals surface area contributed by atoms with Gasteiger partial charge in [0.1, 0.15) is 23.1 Å². The zero-order valence-corrected chi connectivity index (χ0v) is 26.1. The molecule has 1 aromatic heterocycles. The molecule has 1 aliphatic rings. The number of fused-ring (bicyclic) bond motifs is 1. The maximum atomic E-state index is 14.1. The number of amides is 1. The molecule has 1 heterocycles. The first kappa shape index (κ1) is 32.2. The zero-order valence-electron chi connectivity index (χ0n) is 25.3. The summed E-state index contributed by atoms with van der Waals surface area (Å²) in [7, 11) is -1.62. The Balaban J connectivity index is 1.34. The summed E-state index contributed by atoms with van der Waals surface area (Å²) in [6.45, 7) is 2.30. The average molecular weight is 639 g/mol. The van der Waals surface area contributed by atoms with Crippen molar-refractivity contribution in [1.29, 1.82) is 0 Å². The van der Waals surface area contributed by atoms with E-state index in [1.54, 1.807) is 37.4 Å². The second-order valence-electron chi connectivity index (χ2n) is 11.5.